The van der Waals surface area contributed by atoms with E-state index in [0.29, 0.717) is 0 Å². The summed E-state index contributed by atoms with van der Waals surface area (Å²) in [6, 6.07) is 4.35. The number of rotatable bonds is 6. The van der Waals surface area contributed by atoms with Crippen molar-refractivity contribution in [3.63, 3.8) is 0 Å². The van der Waals surface area contributed by atoms with Crippen LogP contribution in [0.2, 0.25) is 0 Å². The van der Waals surface area contributed by atoms with E-state index in [2.05, 4.69) is 10.7 Å². The van der Waals surface area contributed by atoms with Crippen LogP contribution >= 0.6 is 11.8 Å². The summed E-state index contributed by atoms with van der Waals surface area (Å²) in [5.74, 6) is 5.20. The zero-order chi connectivity index (χ0) is 13.5. The first kappa shape index (κ1) is 14.8. The Morgan fingerprint density at radius 1 is 1.56 bits per heavy atom. The van der Waals surface area contributed by atoms with Crippen molar-refractivity contribution in [3.8, 4) is 0 Å². The minimum atomic E-state index is -0.539. The van der Waals surface area contributed by atoms with E-state index in [-0.39, 0.29) is 23.2 Å². The SMILES string of the molecule is CCC(CSC)NC(=O)c1cccc(F)c1NN. The molecule has 18 heavy (non-hydrogen) atoms. The lowest BCUT2D eigenvalue weighted by Gasteiger charge is -2.17. The van der Waals surface area contributed by atoms with E-state index in [1.807, 2.05) is 13.2 Å². The highest BCUT2D eigenvalue weighted by Gasteiger charge is 2.17. The maximum atomic E-state index is 13.5. The fourth-order valence-corrected chi connectivity index (χ4v) is 2.31. The van der Waals surface area contributed by atoms with E-state index in [1.54, 1.807) is 17.8 Å². The number of benzene rings is 1. The monoisotopic (exact) mass is 271 g/mol. The number of amides is 1. The van der Waals surface area contributed by atoms with Crippen LogP contribution in [0.3, 0.4) is 0 Å². The number of thioether (sulfide) groups is 1. The summed E-state index contributed by atoms with van der Waals surface area (Å²) in [6.07, 6.45) is 2.80. The lowest BCUT2D eigenvalue weighted by Crippen LogP contribution is -2.36. The van der Waals surface area contributed by atoms with Crippen LogP contribution in [0, 0.1) is 5.82 Å². The molecule has 0 aromatic heterocycles. The molecule has 0 radical (unpaired) electrons. The van der Waals surface area contributed by atoms with Crippen molar-refractivity contribution < 1.29 is 9.18 Å². The van der Waals surface area contributed by atoms with Gasteiger partial charge >= 0.3 is 0 Å². The number of hydrogen-bond donors (Lipinski definition) is 3. The molecule has 4 nitrogen and oxygen atoms in total. The van der Waals surface area contributed by atoms with Gasteiger partial charge < -0.3 is 10.7 Å². The molecule has 0 aliphatic heterocycles. The fourth-order valence-electron chi connectivity index (χ4n) is 1.59. The van der Waals surface area contributed by atoms with Gasteiger partial charge in [0.25, 0.3) is 5.91 Å². The topological polar surface area (TPSA) is 67.2 Å². The van der Waals surface area contributed by atoms with Crippen molar-refractivity contribution >= 4 is 23.4 Å². The molecule has 0 spiro atoms. The average Bonchev–Trinajstić information content (AvgIpc) is 2.37. The fraction of sp³-hybridized carbons (Fsp3) is 0.417. The third-order valence-electron chi connectivity index (χ3n) is 2.60. The molecule has 0 fully saturated rings. The Morgan fingerprint density at radius 3 is 2.83 bits per heavy atom. The summed E-state index contributed by atoms with van der Waals surface area (Å²) < 4.78 is 13.5. The second-order valence-corrected chi connectivity index (χ2v) is 4.75. The predicted octanol–water partition coefficient (Wildman–Crippen LogP) is 1.98. The second-order valence-electron chi connectivity index (χ2n) is 3.84. The number of anilines is 1. The Morgan fingerprint density at radius 2 is 2.28 bits per heavy atom. The number of nitrogen functional groups attached to an aromatic ring is 1. The van der Waals surface area contributed by atoms with E-state index < -0.39 is 5.82 Å². The van der Waals surface area contributed by atoms with Crippen LogP contribution in [0.1, 0.15) is 23.7 Å². The minimum Gasteiger partial charge on any atom is -0.348 e. The van der Waals surface area contributed by atoms with Gasteiger partial charge in [-0.1, -0.05) is 13.0 Å². The molecule has 4 N–H and O–H groups in total. The van der Waals surface area contributed by atoms with Crippen molar-refractivity contribution in [2.75, 3.05) is 17.4 Å². The van der Waals surface area contributed by atoms with Crippen LogP contribution in [-0.2, 0) is 0 Å². The van der Waals surface area contributed by atoms with Gasteiger partial charge in [-0.25, -0.2) is 4.39 Å². The molecule has 1 aromatic carbocycles. The molecule has 0 saturated heterocycles. The number of hydrogen-bond acceptors (Lipinski definition) is 4. The van der Waals surface area contributed by atoms with E-state index in [1.165, 1.54) is 12.1 Å². The van der Waals surface area contributed by atoms with Gasteiger partial charge in [-0.2, -0.15) is 11.8 Å². The number of carbonyl (C=O) groups excluding carboxylic acids is 1. The first-order chi connectivity index (χ1) is 8.63. The van der Waals surface area contributed by atoms with E-state index in [9.17, 15) is 9.18 Å². The molecule has 1 unspecified atom stereocenters. The van der Waals surface area contributed by atoms with E-state index in [4.69, 9.17) is 5.84 Å². The summed E-state index contributed by atoms with van der Waals surface area (Å²) in [7, 11) is 0. The molecule has 100 valence electrons. The lowest BCUT2D eigenvalue weighted by atomic mass is 10.1. The number of para-hydroxylation sites is 1. The molecule has 0 aliphatic carbocycles. The third kappa shape index (κ3) is 3.61. The van der Waals surface area contributed by atoms with Crippen LogP contribution in [-0.4, -0.2) is 24.0 Å². The van der Waals surface area contributed by atoms with Gasteiger partial charge in [-0.05, 0) is 24.8 Å². The second kappa shape index (κ2) is 7.23. The Balaban J connectivity index is 2.87. The third-order valence-corrected chi connectivity index (χ3v) is 3.33. The highest BCUT2D eigenvalue weighted by molar-refractivity contribution is 7.98. The standard InChI is InChI=1S/C12H18FN3OS/c1-3-8(7-18-2)15-12(17)9-5-4-6-10(13)11(9)16-14/h4-6,8,16H,3,7,14H2,1-2H3,(H,15,17). The zero-order valence-corrected chi connectivity index (χ0v) is 11.3. The Kier molecular flexibility index (Phi) is 5.94. The zero-order valence-electron chi connectivity index (χ0n) is 10.5. The number of nitrogens with two attached hydrogens (primary N) is 1. The predicted molar refractivity (Wildman–Crippen MR) is 74.1 cm³/mol. The molecule has 0 heterocycles. The van der Waals surface area contributed by atoms with Crippen LogP contribution in [0.15, 0.2) is 18.2 Å². The molecule has 0 aliphatic rings. The number of carbonyl (C=O) groups is 1. The quantitative estimate of drug-likeness (QED) is 0.547. The van der Waals surface area contributed by atoms with Crippen LogP contribution in [0.4, 0.5) is 10.1 Å². The van der Waals surface area contributed by atoms with Gasteiger partial charge in [0.1, 0.15) is 5.82 Å². The van der Waals surface area contributed by atoms with Crippen LogP contribution < -0.4 is 16.6 Å². The van der Waals surface area contributed by atoms with Gasteiger partial charge in [0, 0.05) is 11.8 Å². The Labute approximate surface area is 110 Å². The Bertz CT molecular complexity index is 414. The molecular formula is C12H18FN3OS. The highest BCUT2D eigenvalue weighted by atomic mass is 32.2. The summed E-state index contributed by atoms with van der Waals surface area (Å²) in [6.45, 7) is 1.99. The molecule has 0 bridgehead atoms. The summed E-state index contributed by atoms with van der Waals surface area (Å²) in [4.78, 5) is 12.0. The van der Waals surface area contributed by atoms with Gasteiger partial charge in [0.05, 0.1) is 11.3 Å². The molecule has 1 aromatic rings. The van der Waals surface area contributed by atoms with Gasteiger partial charge in [-0.3, -0.25) is 10.6 Å². The van der Waals surface area contributed by atoms with Gasteiger partial charge in [0.2, 0.25) is 0 Å². The first-order valence-electron chi connectivity index (χ1n) is 5.69. The number of hydrazine groups is 1. The molecule has 1 amide bonds. The van der Waals surface area contributed by atoms with Crippen molar-refractivity contribution in [2.24, 2.45) is 5.84 Å². The van der Waals surface area contributed by atoms with E-state index in [0.717, 1.165) is 12.2 Å². The van der Waals surface area contributed by atoms with E-state index >= 15 is 0 Å². The van der Waals surface area contributed by atoms with Gasteiger partial charge in [0.15, 0.2) is 0 Å². The molecule has 1 atom stereocenters. The Hall–Kier alpha value is -1.27. The van der Waals surface area contributed by atoms with Crippen LogP contribution in [0.25, 0.3) is 0 Å². The smallest absolute Gasteiger partial charge is 0.253 e. The largest absolute Gasteiger partial charge is 0.348 e. The summed E-state index contributed by atoms with van der Waals surface area (Å²) in [5.41, 5.74) is 2.47. The summed E-state index contributed by atoms with van der Waals surface area (Å²) in [5, 5.41) is 2.86. The first-order valence-corrected chi connectivity index (χ1v) is 7.08. The molecular weight excluding hydrogens is 253 g/mol. The number of nitrogens with one attached hydrogen (secondary N) is 2. The van der Waals surface area contributed by atoms with Crippen molar-refractivity contribution in [1.29, 1.82) is 0 Å². The lowest BCUT2D eigenvalue weighted by molar-refractivity contribution is 0.0940. The van der Waals surface area contributed by atoms with Gasteiger partial charge in [-0.15, -0.1) is 0 Å². The highest BCUT2D eigenvalue weighted by Crippen LogP contribution is 2.18. The van der Waals surface area contributed by atoms with Crippen molar-refractivity contribution in [3.05, 3.63) is 29.6 Å². The normalized spacial score (nSPS) is 12.0. The average molecular weight is 271 g/mol. The van der Waals surface area contributed by atoms with Crippen molar-refractivity contribution in [2.45, 2.75) is 19.4 Å². The minimum absolute atomic E-state index is 0.0222. The maximum Gasteiger partial charge on any atom is 0.253 e. The maximum absolute atomic E-state index is 13.5. The number of halogens is 1. The summed E-state index contributed by atoms with van der Waals surface area (Å²) >= 11 is 1.66. The molecule has 1 rings (SSSR count). The van der Waals surface area contributed by atoms with Crippen LogP contribution in [0.5, 0.6) is 0 Å². The molecule has 0 saturated carbocycles. The molecule has 6 heteroatoms. The van der Waals surface area contributed by atoms with Crippen molar-refractivity contribution in [1.82, 2.24) is 5.32 Å².